The van der Waals surface area contributed by atoms with Gasteiger partial charge in [-0.1, -0.05) is 48.5 Å². The summed E-state index contributed by atoms with van der Waals surface area (Å²) in [6.45, 7) is -0.802. The van der Waals surface area contributed by atoms with Crippen LogP contribution in [0.4, 0.5) is 4.39 Å². The Bertz CT molecular complexity index is 426. The molecule has 0 saturated carbocycles. The maximum absolute atomic E-state index is 12.2. The summed E-state index contributed by atoms with van der Waals surface area (Å²) < 4.78 is 17.1. The summed E-state index contributed by atoms with van der Waals surface area (Å²) in [6.07, 6.45) is 0. The Labute approximate surface area is 88.1 Å². The molecule has 76 valence electrons. The molecule has 1 nitrogen and oxygen atoms in total. The van der Waals surface area contributed by atoms with Crippen LogP contribution < -0.4 is 4.74 Å². The summed E-state index contributed by atoms with van der Waals surface area (Å²) in [5.41, 5.74) is 1.94. The van der Waals surface area contributed by atoms with Gasteiger partial charge in [-0.3, -0.25) is 0 Å². The molecule has 0 fully saturated rings. The summed E-state index contributed by atoms with van der Waals surface area (Å²) >= 11 is 0. The highest BCUT2D eigenvalue weighted by atomic mass is 19.1. The molecule has 0 amide bonds. The van der Waals surface area contributed by atoms with Crippen LogP contribution in [0.2, 0.25) is 0 Å². The molecule has 0 spiro atoms. The van der Waals surface area contributed by atoms with E-state index in [1.54, 1.807) is 6.07 Å². The summed E-state index contributed by atoms with van der Waals surface area (Å²) in [4.78, 5) is 0. The fourth-order valence-electron chi connectivity index (χ4n) is 1.51. The van der Waals surface area contributed by atoms with Crippen molar-refractivity contribution in [3.8, 4) is 16.9 Å². The first-order valence-electron chi connectivity index (χ1n) is 4.75. The smallest absolute Gasteiger partial charge is 0.228 e. The van der Waals surface area contributed by atoms with Gasteiger partial charge in [0, 0.05) is 5.56 Å². The number of benzene rings is 2. The number of para-hydroxylation sites is 1. The van der Waals surface area contributed by atoms with Crippen LogP contribution >= 0.6 is 0 Å². The molecule has 2 aromatic carbocycles. The molecule has 0 aliphatic rings. The van der Waals surface area contributed by atoms with E-state index in [1.165, 1.54) is 0 Å². The van der Waals surface area contributed by atoms with E-state index in [4.69, 9.17) is 4.74 Å². The molecule has 2 aromatic rings. The summed E-state index contributed by atoms with van der Waals surface area (Å²) in [6, 6.07) is 17.2. The third-order valence-electron chi connectivity index (χ3n) is 2.18. The van der Waals surface area contributed by atoms with Crippen molar-refractivity contribution >= 4 is 0 Å². The van der Waals surface area contributed by atoms with E-state index >= 15 is 0 Å². The van der Waals surface area contributed by atoms with Crippen molar-refractivity contribution in [3.05, 3.63) is 54.6 Å². The molecule has 0 heterocycles. The topological polar surface area (TPSA) is 9.23 Å². The van der Waals surface area contributed by atoms with Crippen LogP contribution in [0.15, 0.2) is 54.6 Å². The predicted molar refractivity (Wildman–Crippen MR) is 58.5 cm³/mol. The highest BCUT2D eigenvalue weighted by molar-refractivity contribution is 5.70. The maximum Gasteiger partial charge on any atom is 0.228 e. The average Bonchev–Trinajstić information content (AvgIpc) is 2.31. The second kappa shape index (κ2) is 4.60. The van der Waals surface area contributed by atoms with E-state index in [1.807, 2.05) is 48.5 Å². The molecule has 0 atom stereocenters. The van der Waals surface area contributed by atoms with E-state index in [2.05, 4.69) is 0 Å². The van der Waals surface area contributed by atoms with Crippen LogP contribution in [0.3, 0.4) is 0 Å². The molecule has 0 unspecified atom stereocenters. The van der Waals surface area contributed by atoms with Gasteiger partial charge in [-0.15, -0.1) is 0 Å². The van der Waals surface area contributed by atoms with Crippen molar-refractivity contribution in [2.24, 2.45) is 0 Å². The quantitative estimate of drug-likeness (QED) is 0.738. The largest absolute Gasteiger partial charge is 0.462 e. The SMILES string of the molecule is FCOc1ccccc1-c1ccccc1. The standard InChI is InChI=1S/C13H11FO/c14-10-15-13-9-5-4-8-12(13)11-6-2-1-3-7-11/h1-9H,10H2. The van der Waals surface area contributed by atoms with Crippen molar-refractivity contribution in [1.82, 2.24) is 0 Å². The maximum atomic E-state index is 12.2. The molecule has 0 aliphatic carbocycles. The van der Waals surface area contributed by atoms with Gasteiger partial charge >= 0.3 is 0 Å². The fourth-order valence-corrected chi connectivity index (χ4v) is 1.51. The van der Waals surface area contributed by atoms with E-state index in [9.17, 15) is 4.39 Å². The van der Waals surface area contributed by atoms with Crippen LogP contribution in [0.25, 0.3) is 11.1 Å². The third-order valence-corrected chi connectivity index (χ3v) is 2.18. The highest BCUT2D eigenvalue weighted by Crippen LogP contribution is 2.29. The molecule has 0 N–H and O–H groups in total. The van der Waals surface area contributed by atoms with Crippen molar-refractivity contribution in [2.75, 3.05) is 6.86 Å². The Kier molecular flexibility index (Phi) is 2.98. The molecule has 0 saturated heterocycles. The molecule has 0 aliphatic heterocycles. The number of hydrogen-bond acceptors (Lipinski definition) is 1. The number of ether oxygens (including phenoxy) is 1. The van der Waals surface area contributed by atoms with Gasteiger partial charge in [-0.05, 0) is 11.6 Å². The van der Waals surface area contributed by atoms with Gasteiger partial charge in [-0.2, -0.15) is 0 Å². The fraction of sp³-hybridized carbons (Fsp3) is 0.0769. The summed E-state index contributed by atoms with van der Waals surface area (Å²) in [7, 11) is 0. The monoisotopic (exact) mass is 202 g/mol. The van der Waals surface area contributed by atoms with Gasteiger partial charge in [0.1, 0.15) is 5.75 Å². The van der Waals surface area contributed by atoms with E-state index in [0.717, 1.165) is 11.1 Å². The van der Waals surface area contributed by atoms with E-state index in [-0.39, 0.29) is 0 Å². The van der Waals surface area contributed by atoms with Crippen LogP contribution in [0.1, 0.15) is 0 Å². The average molecular weight is 202 g/mol. The highest BCUT2D eigenvalue weighted by Gasteiger charge is 2.03. The zero-order valence-electron chi connectivity index (χ0n) is 8.19. The Morgan fingerprint density at radius 3 is 2.27 bits per heavy atom. The first kappa shape index (κ1) is 9.71. The first-order chi connectivity index (χ1) is 7.42. The molecule has 0 aromatic heterocycles. The Morgan fingerprint density at radius 1 is 0.867 bits per heavy atom. The van der Waals surface area contributed by atoms with Gasteiger partial charge in [0.2, 0.25) is 6.86 Å². The summed E-state index contributed by atoms with van der Waals surface area (Å²) in [5.74, 6) is 0.575. The lowest BCUT2D eigenvalue weighted by molar-refractivity contribution is 0.192. The lowest BCUT2D eigenvalue weighted by Crippen LogP contribution is -1.92. The van der Waals surface area contributed by atoms with Crippen molar-refractivity contribution in [2.45, 2.75) is 0 Å². The summed E-state index contributed by atoms with van der Waals surface area (Å²) in [5, 5.41) is 0. The van der Waals surface area contributed by atoms with E-state index in [0.29, 0.717) is 5.75 Å². The minimum atomic E-state index is -0.802. The third kappa shape index (κ3) is 2.15. The van der Waals surface area contributed by atoms with Gasteiger partial charge in [0.25, 0.3) is 0 Å². The second-order valence-corrected chi connectivity index (χ2v) is 3.12. The molecule has 0 bridgehead atoms. The van der Waals surface area contributed by atoms with Gasteiger partial charge in [0.05, 0.1) is 0 Å². The Balaban J connectivity index is 2.43. The number of hydrogen-bond donors (Lipinski definition) is 0. The minimum Gasteiger partial charge on any atom is -0.462 e. The lowest BCUT2D eigenvalue weighted by Gasteiger charge is -2.08. The van der Waals surface area contributed by atoms with Crippen LogP contribution in [0, 0.1) is 0 Å². The second-order valence-electron chi connectivity index (χ2n) is 3.12. The zero-order valence-corrected chi connectivity index (χ0v) is 8.19. The van der Waals surface area contributed by atoms with Crippen LogP contribution in [-0.2, 0) is 0 Å². The number of alkyl halides is 1. The molecule has 0 radical (unpaired) electrons. The van der Waals surface area contributed by atoms with Gasteiger partial charge in [0.15, 0.2) is 0 Å². The molecule has 2 rings (SSSR count). The van der Waals surface area contributed by atoms with Gasteiger partial charge < -0.3 is 4.74 Å². The number of halogens is 1. The normalized spacial score (nSPS) is 9.93. The predicted octanol–water partition coefficient (Wildman–Crippen LogP) is 3.66. The number of rotatable bonds is 3. The molecular formula is C13H11FO. The van der Waals surface area contributed by atoms with Crippen molar-refractivity contribution in [1.29, 1.82) is 0 Å². The van der Waals surface area contributed by atoms with Crippen molar-refractivity contribution in [3.63, 3.8) is 0 Å². The first-order valence-corrected chi connectivity index (χ1v) is 4.75. The van der Waals surface area contributed by atoms with Crippen LogP contribution in [-0.4, -0.2) is 6.86 Å². The zero-order chi connectivity index (χ0) is 10.5. The molecular weight excluding hydrogens is 191 g/mol. The van der Waals surface area contributed by atoms with Crippen LogP contribution in [0.5, 0.6) is 5.75 Å². The lowest BCUT2D eigenvalue weighted by atomic mass is 10.1. The Morgan fingerprint density at radius 2 is 1.53 bits per heavy atom. The van der Waals surface area contributed by atoms with E-state index < -0.39 is 6.86 Å². The van der Waals surface area contributed by atoms with Gasteiger partial charge in [-0.25, -0.2) is 4.39 Å². The van der Waals surface area contributed by atoms with Crippen molar-refractivity contribution < 1.29 is 9.13 Å². The molecule has 2 heteroatoms. The Hall–Kier alpha value is -1.83. The molecule has 15 heavy (non-hydrogen) atoms. The minimum absolute atomic E-state index is 0.575.